The number of carbonyl (C=O) groups is 4. The van der Waals surface area contributed by atoms with Gasteiger partial charge in [0, 0.05) is 25.7 Å². The van der Waals surface area contributed by atoms with Crippen LogP contribution in [-0.2, 0) is 65.4 Å². The Hall–Kier alpha value is -1.94. The molecule has 0 aromatic heterocycles. The Morgan fingerprint density at radius 3 is 0.689 bits per heavy atom. The molecule has 0 aromatic rings. The highest BCUT2D eigenvalue weighted by molar-refractivity contribution is 7.47. The van der Waals surface area contributed by atoms with Crippen LogP contribution in [0.2, 0.25) is 0 Å². The average Bonchev–Trinajstić information content (AvgIpc) is 0.909. The molecular weight excluding hydrogens is 1340 g/mol. The lowest BCUT2D eigenvalue weighted by atomic mass is 9.99. The first-order valence-corrected chi connectivity index (χ1v) is 46.2. The molecule has 0 radical (unpaired) electrons. The van der Waals surface area contributed by atoms with Gasteiger partial charge in [-0.25, -0.2) is 9.13 Å². The molecule has 0 fully saturated rings. The van der Waals surface area contributed by atoms with Crippen molar-refractivity contribution in [1.82, 2.24) is 0 Å². The molecule has 0 aliphatic heterocycles. The summed E-state index contributed by atoms with van der Waals surface area (Å²) in [6, 6.07) is 0. The summed E-state index contributed by atoms with van der Waals surface area (Å²) in [5.41, 5.74) is 0. The Kier molecular flexibility index (Phi) is 71.5. The molecule has 0 heterocycles. The molecule has 0 spiro atoms. The summed E-state index contributed by atoms with van der Waals surface area (Å²) in [4.78, 5) is 73.1. The largest absolute Gasteiger partial charge is 0.472 e. The van der Waals surface area contributed by atoms with Crippen molar-refractivity contribution in [3.05, 3.63) is 0 Å². The first-order valence-electron chi connectivity index (χ1n) is 43.2. The molecular formula is C84H164O17P2. The third-order valence-electron chi connectivity index (χ3n) is 19.9. The second-order valence-corrected chi connectivity index (χ2v) is 34.8. The minimum absolute atomic E-state index is 0.106. The molecule has 0 amide bonds. The van der Waals surface area contributed by atoms with Crippen molar-refractivity contribution in [2.75, 3.05) is 39.6 Å². The fourth-order valence-electron chi connectivity index (χ4n) is 12.9. The zero-order valence-corrected chi connectivity index (χ0v) is 69.7. The topological polar surface area (TPSA) is 237 Å². The number of ether oxygens (including phenoxy) is 4. The maximum Gasteiger partial charge on any atom is 0.472 e. The third kappa shape index (κ3) is 76.6. The van der Waals surface area contributed by atoms with Crippen molar-refractivity contribution in [2.45, 2.75) is 453 Å². The Morgan fingerprint density at radius 1 is 0.272 bits per heavy atom. The second kappa shape index (κ2) is 72.9. The molecule has 6 atom stereocenters. The summed E-state index contributed by atoms with van der Waals surface area (Å²) in [6.45, 7) is 14.3. The average molecular weight is 1510 g/mol. The zero-order chi connectivity index (χ0) is 76.0. The van der Waals surface area contributed by atoms with Gasteiger partial charge in [0.2, 0.25) is 0 Å². The van der Waals surface area contributed by atoms with Crippen LogP contribution in [0.15, 0.2) is 0 Å². The predicted octanol–water partition coefficient (Wildman–Crippen LogP) is 25.2. The summed E-state index contributed by atoms with van der Waals surface area (Å²) in [5.74, 6) is 1.02. The number of unbranched alkanes of at least 4 members (excludes halogenated alkanes) is 46. The van der Waals surface area contributed by atoms with Crippen LogP contribution in [0.4, 0.5) is 0 Å². The summed E-state index contributed by atoms with van der Waals surface area (Å²) >= 11 is 0. The number of aliphatic hydroxyl groups excluding tert-OH is 1. The van der Waals surface area contributed by atoms with Crippen LogP contribution >= 0.6 is 15.6 Å². The maximum absolute atomic E-state index is 13.1. The Labute approximate surface area is 632 Å². The number of aliphatic hydroxyl groups is 1. The lowest BCUT2D eigenvalue weighted by Crippen LogP contribution is -2.30. The van der Waals surface area contributed by atoms with Crippen LogP contribution in [0.1, 0.15) is 434 Å². The van der Waals surface area contributed by atoms with Crippen LogP contribution in [0.5, 0.6) is 0 Å². The van der Waals surface area contributed by atoms with E-state index in [2.05, 4.69) is 55.4 Å². The van der Waals surface area contributed by atoms with Gasteiger partial charge in [0.15, 0.2) is 12.2 Å². The van der Waals surface area contributed by atoms with Gasteiger partial charge >= 0.3 is 39.5 Å². The Bertz CT molecular complexity index is 2010. The van der Waals surface area contributed by atoms with E-state index >= 15 is 0 Å². The van der Waals surface area contributed by atoms with Gasteiger partial charge in [-0.1, -0.05) is 383 Å². The van der Waals surface area contributed by atoms with E-state index in [1.165, 1.54) is 231 Å². The SMILES string of the molecule is CCC(C)CCCCCCCCCCCCCCCCCCCCC(=O)O[C@H](COC(=O)CCCCCCCCCCCCCCCC(C)C)COP(=O)(O)OC[C@@H](O)COP(=O)(O)OC[C@@H](COC(=O)CCCCCCCCC(C)C)OC(=O)CCCCCCCCCCCCCCCC(C)C. The molecule has 103 heavy (non-hydrogen) atoms. The molecule has 0 aliphatic carbocycles. The van der Waals surface area contributed by atoms with Gasteiger partial charge in [-0.2, -0.15) is 0 Å². The second-order valence-electron chi connectivity index (χ2n) is 31.9. The highest BCUT2D eigenvalue weighted by Crippen LogP contribution is 2.45. The van der Waals surface area contributed by atoms with Crippen molar-refractivity contribution >= 4 is 39.5 Å². The molecule has 0 rings (SSSR count). The van der Waals surface area contributed by atoms with Gasteiger partial charge in [-0.3, -0.25) is 37.3 Å². The van der Waals surface area contributed by atoms with Gasteiger partial charge in [-0.15, -0.1) is 0 Å². The van der Waals surface area contributed by atoms with Crippen molar-refractivity contribution in [3.63, 3.8) is 0 Å². The number of esters is 4. The van der Waals surface area contributed by atoms with Crippen molar-refractivity contribution in [2.24, 2.45) is 23.7 Å². The fourth-order valence-corrected chi connectivity index (χ4v) is 14.5. The first-order chi connectivity index (χ1) is 49.6. The monoisotopic (exact) mass is 1510 g/mol. The molecule has 0 aromatic carbocycles. The Balaban J connectivity index is 5.21. The molecule has 0 bridgehead atoms. The molecule has 19 heteroatoms. The minimum atomic E-state index is -4.96. The van der Waals surface area contributed by atoms with Crippen molar-refractivity contribution < 1.29 is 80.2 Å². The molecule has 0 saturated heterocycles. The number of phosphoric ester groups is 2. The van der Waals surface area contributed by atoms with E-state index < -0.39 is 97.5 Å². The van der Waals surface area contributed by atoms with Crippen LogP contribution in [0, 0.1) is 23.7 Å². The highest BCUT2D eigenvalue weighted by Gasteiger charge is 2.30. The summed E-state index contributed by atoms with van der Waals surface area (Å²) in [5, 5.41) is 10.7. The zero-order valence-electron chi connectivity index (χ0n) is 68.0. The van der Waals surface area contributed by atoms with Gasteiger partial charge < -0.3 is 33.8 Å². The molecule has 612 valence electrons. The summed E-state index contributed by atoms with van der Waals surface area (Å²) in [7, 11) is -9.93. The molecule has 3 N–H and O–H groups in total. The Morgan fingerprint density at radius 2 is 0.466 bits per heavy atom. The molecule has 0 aliphatic rings. The van der Waals surface area contributed by atoms with E-state index in [1.54, 1.807) is 0 Å². The first kappa shape index (κ1) is 101. The summed E-state index contributed by atoms with van der Waals surface area (Å²) in [6.07, 6.45) is 61.2. The van der Waals surface area contributed by atoms with E-state index in [1.807, 2.05) is 0 Å². The van der Waals surface area contributed by atoms with Gasteiger partial charge in [0.25, 0.3) is 0 Å². The minimum Gasteiger partial charge on any atom is -0.462 e. The normalized spacial score (nSPS) is 14.2. The summed E-state index contributed by atoms with van der Waals surface area (Å²) < 4.78 is 68.8. The lowest BCUT2D eigenvalue weighted by Gasteiger charge is -2.21. The van der Waals surface area contributed by atoms with E-state index in [0.717, 1.165) is 114 Å². The van der Waals surface area contributed by atoms with Crippen LogP contribution in [0.3, 0.4) is 0 Å². The van der Waals surface area contributed by atoms with Crippen molar-refractivity contribution in [1.29, 1.82) is 0 Å². The molecule has 0 saturated carbocycles. The molecule has 17 nitrogen and oxygen atoms in total. The number of hydrogen-bond donors (Lipinski definition) is 3. The smallest absolute Gasteiger partial charge is 0.462 e. The highest BCUT2D eigenvalue weighted by atomic mass is 31.2. The standard InChI is InChI=1S/C84H164O17P2/c1-9-77(8)63-55-47-38-32-26-20-14-12-10-11-13-15-21-28-34-40-50-58-66-83(88)100-79(70-94-81(86)64-56-48-39-33-27-22-16-18-24-30-36-44-52-60-74(2)3)72-98-102(90,91)96-68-78(85)69-97-103(92,93)99-73-80(71-95-82(87)65-57-49-43-42-46-54-62-76(6)7)101-84(89)67-59-51-41-35-29-23-17-19-25-31-37-45-53-61-75(4)5/h74-80,85H,9-73H2,1-8H3,(H,90,91)(H,92,93)/t77?,78-,79-,80-/m1/s1. The van der Waals surface area contributed by atoms with E-state index in [0.29, 0.717) is 31.6 Å². The number of carbonyl (C=O) groups excluding carboxylic acids is 4. The predicted molar refractivity (Wildman–Crippen MR) is 423 cm³/mol. The maximum atomic E-state index is 13.1. The van der Waals surface area contributed by atoms with E-state index in [4.69, 9.17) is 37.0 Å². The molecule has 3 unspecified atom stereocenters. The van der Waals surface area contributed by atoms with Crippen molar-refractivity contribution in [3.8, 4) is 0 Å². The lowest BCUT2D eigenvalue weighted by molar-refractivity contribution is -0.161. The number of hydrogen-bond acceptors (Lipinski definition) is 15. The fraction of sp³-hybridized carbons (Fsp3) is 0.952. The van der Waals surface area contributed by atoms with Gasteiger partial charge in [0.05, 0.1) is 26.4 Å². The van der Waals surface area contributed by atoms with E-state index in [-0.39, 0.29) is 25.7 Å². The van der Waals surface area contributed by atoms with Crippen LogP contribution < -0.4 is 0 Å². The number of rotatable bonds is 81. The van der Waals surface area contributed by atoms with Gasteiger partial charge in [0.1, 0.15) is 19.3 Å². The van der Waals surface area contributed by atoms with Crippen LogP contribution in [0.25, 0.3) is 0 Å². The third-order valence-corrected chi connectivity index (χ3v) is 21.8. The van der Waals surface area contributed by atoms with Crippen LogP contribution in [-0.4, -0.2) is 96.7 Å². The number of phosphoric acid groups is 2. The van der Waals surface area contributed by atoms with E-state index in [9.17, 15) is 43.2 Å². The quantitative estimate of drug-likeness (QED) is 0.0222. The van der Waals surface area contributed by atoms with Gasteiger partial charge in [-0.05, 0) is 49.4 Å².